The molecule has 0 bridgehead atoms. The van der Waals surface area contributed by atoms with Gasteiger partial charge in [0.1, 0.15) is 6.10 Å². The SMILES string of the molecule is Cc1cccc(OC2CCN(C(=O)Nc3ccccc3C)C2)n1. The summed E-state index contributed by atoms with van der Waals surface area (Å²) >= 11 is 0. The highest BCUT2D eigenvalue weighted by Crippen LogP contribution is 2.19. The number of carbonyl (C=O) groups excluding carboxylic acids is 1. The summed E-state index contributed by atoms with van der Waals surface area (Å²) in [6.07, 6.45) is 0.809. The van der Waals surface area contributed by atoms with E-state index in [0.29, 0.717) is 19.0 Å². The number of aromatic nitrogens is 1. The number of ether oxygens (including phenoxy) is 1. The van der Waals surface area contributed by atoms with Crippen LogP contribution in [0, 0.1) is 13.8 Å². The molecule has 0 spiro atoms. The molecule has 3 rings (SSSR count). The number of anilines is 1. The second-order valence-electron chi connectivity index (χ2n) is 5.84. The Kier molecular flexibility index (Phi) is 4.46. The van der Waals surface area contributed by atoms with Gasteiger partial charge in [0, 0.05) is 30.4 Å². The van der Waals surface area contributed by atoms with E-state index in [-0.39, 0.29) is 12.1 Å². The van der Waals surface area contributed by atoms with Gasteiger partial charge < -0.3 is 15.0 Å². The third kappa shape index (κ3) is 3.80. The summed E-state index contributed by atoms with van der Waals surface area (Å²) in [5.41, 5.74) is 2.83. The van der Waals surface area contributed by atoms with Gasteiger partial charge in [0.2, 0.25) is 5.88 Å². The van der Waals surface area contributed by atoms with Gasteiger partial charge >= 0.3 is 6.03 Å². The van der Waals surface area contributed by atoms with E-state index in [2.05, 4.69) is 10.3 Å². The number of hydrogen-bond acceptors (Lipinski definition) is 3. The van der Waals surface area contributed by atoms with Crippen molar-refractivity contribution in [2.75, 3.05) is 18.4 Å². The van der Waals surface area contributed by atoms with Gasteiger partial charge in [0.15, 0.2) is 0 Å². The van der Waals surface area contributed by atoms with Crippen LogP contribution >= 0.6 is 0 Å². The minimum absolute atomic E-state index is 0.00748. The molecule has 120 valence electrons. The third-order valence-electron chi connectivity index (χ3n) is 3.97. The number of hydrogen-bond donors (Lipinski definition) is 1. The van der Waals surface area contributed by atoms with Crippen molar-refractivity contribution >= 4 is 11.7 Å². The molecule has 1 unspecified atom stereocenters. The minimum atomic E-state index is -0.0809. The van der Waals surface area contributed by atoms with Crippen molar-refractivity contribution in [2.45, 2.75) is 26.4 Å². The number of nitrogens with zero attached hydrogens (tertiary/aromatic N) is 2. The Bertz CT molecular complexity index is 702. The first kappa shape index (κ1) is 15.3. The van der Waals surface area contributed by atoms with Crippen LogP contribution in [-0.2, 0) is 0 Å². The van der Waals surface area contributed by atoms with Crippen molar-refractivity contribution in [3.8, 4) is 5.88 Å². The molecular formula is C18H21N3O2. The molecule has 1 aromatic carbocycles. The van der Waals surface area contributed by atoms with Crippen molar-refractivity contribution < 1.29 is 9.53 Å². The molecule has 0 saturated carbocycles. The van der Waals surface area contributed by atoms with E-state index in [4.69, 9.17) is 4.74 Å². The molecule has 5 nitrogen and oxygen atoms in total. The summed E-state index contributed by atoms with van der Waals surface area (Å²) in [6, 6.07) is 13.4. The number of benzene rings is 1. The summed E-state index contributed by atoms with van der Waals surface area (Å²) in [4.78, 5) is 18.5. The van der Waals surface area contributed by atoms with Crippen molar-refractivity contribution in [2.24, 2.45) is 0 Å². The molecule has 1 fully saturated rings. The first-order valence-corrected chi connectivity index (χ1v) is 7.84. The van der Waals surface area contributed by atoms with Crippen LogP contribution in [0.5, 0.6) is 5.88 Å². The minimum Gasteiger partial charge on any atom is -0.472 e. The summed E-state index contributed by atoms with van der Waals surface area (Å²) < 4.78 is 5.88. The summed E-state index contributed by atoms with van der Waals surface area (Å²) in [5.74, 6) is 0.621. The van der Waals surface area contributed by atoms with Crippen LogP contribution in [0.25, 0.3) is 0 Å². The van der Waals surface area contributed by atoms with Crippen LogP contribution in [0.1, 0.15) is 17.7 Å². The number of para-hydroxylation sites is 1. The van der Waals surface area contributed by atoms with Crippen LogP contribution in [0.2, 0.25) is 0 Å². The smallest absolute Gasteiger partial charge is 0.321 e. The Balaban J connectivity index is 1.57. The number of pyridine rings is 1. The van der Waals surface area contributed by atoms with Gasteiger partial charge in [-0.25, -0.2) is 9.78 Å². The summed E-state index contributed by atoms with van der Waals surface area (Å²) in [6.45, 7) is 5.18. The van der Waals surface area contributed by atoms with E-state index in [1.54, 1.807) is 4.90 Å². The maximum Gasteiger partial charge on any atom is 0.321 e. The number of likely N-dealkylation sites (tertiary alicyclic amines) is 1. The van der Waals surface area contributed by atoms with Crippen molar-refractivity contribution in [3.63, 3.8) is 0 Å². The molecular weight excluding hydrogens is 290 g/mol. The average molecular weight is 311 g/mol. The standard InChI is InChI=1S/C18H21N3O2/c1-13-6-3-4-8-16(13)20-18(22)21-11-10-15(12-21)23-17-9-5-7-14(2)19-17/h3-9,15H,10-12H2,1-2H3,(H,20,22). The molecule has 0 radical (unpaired) electrons. The van der Waals surface area contributed by atoms with Crippen molar-refractivity contribution in [1.82, 2.24) is 9.88 Å². The molecule has 0 aliphatic carbocycles. The van der Waals surface area contributed by atoms with E-state index in [1.165, 1.54) is 0 Å². The number of rotatable bonds is 3. The van der Waals surface area contributed by atoms with Gasteiger partial charge in [0.05, 0.1) is 6.54 Å². The van der Waals surface area contributed by atoms with E-state index in [0.717, 1.165) is 23.4 Å². The van der Waals surface area contributed by atoms with Gasteiger partial charge in [0.25, 0.3) is 0 Å². The molecule has 1 N–H and O–H groups in total. The molecule has 5 heteroatoms. The molecule has 1 aliphatic heterocycles. The third-order valence-corrected chi connectivity index (χ3v) is 3.97. The number of aryl methyl sites for hydroxylation is 2. The van der Waals surface area contributed by atoms with Crippen LogP contribution in [0.15, 0.2) is 42.5 Å². The highest BCUT2D eigenvalue weighted by molar-refractivity contribution is 5.90. The zero-order valence-corrected chi connectivity index (χ0v) is 13.5. The van der Waals surface area contributed by atoms with Crippen molar-refractivity contribution in [1.29, 1.82) is 0 Å². The molecule has 2 aromatic rings. The molecule has 1 aromatic heterocycles. The van der Waals surface area contributed by atoms with Crippen LogP contribution < -0.4 is 10.1 Å². The predicted octanol–water partition coefficient (Wildman–Crippen LogP) is 3.38. The lowest BCUT2D eigenvalue weighted by molar-refractivity contribution is 0.189. The van der Waals surface area contributed by atoms with E-state index >= 15 is 0 Å². The average Bonchev–Trinajstić information content (AvgIpc) is 2.98. The first-order chi connectivity index (χ1) is 11.1. The van der Waals surface area contributed by atoms with Crippen LogP contribution in [0.4, 0.5) is 10.5 Å². The van der Waals surface area contributed by atoms with Gasteiger partial charge in [-0.05, 0) is 31.5 Å². The fourth-order valence-electron chi connectivity index (χ4n) is 2.67. The normalized spacial score (nSPS) is 17.1. The van der Waals surface area contributed by atoms with E-state index in [9.17, 15) is 4.79 Å². The topological polar surface area (TPSA) is 54.5 Å². The molecule has 2 amide bonds. The first-order valence-electron chi connectivity index (χ1n) is 7.84. The lowest BCUT2D eigenvalue weighted by Crippen LogP contribution is -2.34. The Hall–Kier alpha value is -2.56. The number of nitrogens with one attached hydrogen (secondary N) is 1. The highest BCUT2D eigenvalue weighted by Gasteiger charge is 2.28. The molecule has 1 atom stereocenters. The number of carbonyl (C=O) groups is 1. The fraction of sp³-hybridized carbons (Fsp3) is 0.333. The Morgan fingerprint density at radius 1 is 1.22 bits per heavy atom. The van der Waals surface area contributed by atoms with Gasteiger partial charge in [-0.3, -0.25) is 0 Å². The largest absolute Gasteiger partial charge is 0.472 e. The zero-order chi connectivity index (χ0) is 16.2. The fourth-order valence-corrected chi connectivity index (χ4v) is 2.67. The second-order valence-corrected chi connectivity index (χ2v) is 5.84. The molecule has 23 heavy (non-hydrogen) atoms. The Morgan fingerprint density at radius 2 is 2.04 bits per heavy atom. The van der Waals surface area contributed by atoms with E-state index < -0.39 is 0 Å². The highest BCUT2D eigenvalue weighted by atomic mass is 16.5. The molecule has 1 saturated heterocycles. The number of urea groups is 1. The summed E-state index contributed by atoms with van der Waals surface area (Å²) in [7, 11) is 0. The Morgan fingerprint density at radius 3 is 2.83 bits per heavy atom. The molecule has 1 aliphatic rings. The zero-order valence-electron chi connectivity index (χ0n) is 13.5. The van der Waals surface area contributed by atoms with Gasteiger partial charge in [-0.2, -0.15) is 0 Å². The maximum atomic E-state index is 12.4. The maximum absolute atomic E-state index is 12.4. The van der Waals surface area contributed by atoms with Crippen LogP contribution in [-0.4, -0.2) is 35.1 Å². The second kappa shape index (κ2) is 6.69. The monoisotopic (exact) mass is 311 g/mol. The van der Waals surface area contributed by atoms with E-state index in [1.807, 2.05) is 56.3 Å². The lowest BCUT2D eigenvalue weighted by atomic mass is 10.2. The quantitative estimate of drug-likeness (QED) is 0.945. The van der Waals surface area contributed by atoms with Gasteiger partial charge in [-0.15, -0.1) is 0 Å². The van der Waals surface area contributed by atoms with Crippen LogP contribution in [0.3, 0.4) is 0 Å². The van der Waals surface area contributed by atoms with Crippen molar-refractivity contribution in [3.05, 3.63) is 53.7 Å². The van der Waals surface area contributed by atoms with Gasteiger partial charge in [-0.1, -0.05) is 24.3 Å². The molecule has 2 heterocycles. The lowest BCUT2D eigenvalue weighted by Gasteiger charge is -2.18. The number of amides is 2. The Labute approximate surface area is 136 Å². The summed E-state index contributed by atoms with van der Waals surface area (Å²) in [5, 5.41) is 2.96. The predicted molar refractivity (Wildman–Crippen MR) is 89.8 cm³/mol.